The van der Waals surface area contributed by atoms with Gasteiger partial charge in [-0.25, -0.2) is 21.7 Å². The summed E-state index contributed by atoms with van der Waals surface area (Å²) in [6.45, 7) is 6.22. The van der Waals surface area contributed by atoms with E-state index in [0.717, 1.165) is 16.7 Å². The third kappa shape index (κ3) is 8.44. The van der Waals surface area contributed by atoms with Crippen LogP contribution in [0.1, 0.15) is 37.5 Å². The molecular weight excluding hydrogens is 568 g/mol. The lowest BCUT2D eigenvalue weighted by molar-refractivity contribution is 0.125. The van der Waals surface area contributed by atoms with Gasteiger partial charge in [0.15, 0.2) is 0 Å². The van der Waals surface area contributed by atoms with E-state index >= 15 is 4.39 Å². The first-order valence-electron chi connectivity index (χ1n) is 14.0. The summed E-state index contributed by atoms with van der Waals surface area (Å²) in [5, 5.41) is 0. The number of halogens is 1. The number of hydrogen-bond donors (Lipinski definition) is 1. The Morgan fingerprint density at radius 2 is 1.12 bits per heavy atom. The summed E-state index contributed by atoms with van der Waals surface area (Å²) in [7, 11) is -6.18. The molecule has 0 saturated carbocycles. The van der Waals surface area contributed by atoms with Crippen molar-refractivity contribution in [1.82, 2.24) is 9.62 Å². The van der Waals surface area contributed by atoms with Gasteiger partial charge in [-0.05, 0) is 56.0 Å². The fourth-order valence-corrected chi connectivity index (χ4v) is 7.20. The molecule has 5 nitrogen and oxygen atoms in total. The smallest absolute Gasteiger partial charge is 0.222 e. The number of hydrogen-bond acceptors (Lipinski definition) is 4. The van der Waals surface area contributed by atoms with E-state index in [2.05, 4.69) is 9.62 Å². The number of nitrogens with zero attached hydrogens (tertiary/aromatic N) is 1. The number of benzene rings is 4. The number of rotatable bonds is 13. The van der Waals surface area contributed by atoms with E-state index in [1.165, 1.54) is 12.1 Å². The van der Waals surface area contributed by atoms with Gasteiger partial charge in [-0.15, -0.1) is 0 Å². The van der Waals surface area contributed by atoms with Crippen molar-refractivity contribution in [3.8, 4) is 0 Å². The van der Waals surface area contributed by atoms with E-state index in [4.69, 9.17) is 0 Å². The Morgan fingerprint density at radius 1 is 0.714 bits per heavy atom. The van der Waals surface area contributed by atoms with Crippen LogP contribution in [0.15, 0.2) is 126 Å². The van der Waals surface area contributed by atoms with Gasteiger partial charge in [0.1, 0.15) is 0 Å². The fourth-order valence-electron chi connectivity index (χ4n) is 4.81. The fraction of sp³-hybridized carbons (Fsp3) is 0.294. The molecule has 4 atom stereocenters. The highest BCUT2D eigenvalue weighted by Crippen LogP contribution is 2.28. The molecule has 1 unspecified atom stereocenters. The van der Waals surface area contributed by atoms with Crippen molar-refractivity contribution in [3.63, 3.8) is 0 Å². The Morgan fingerprint density at radius 3 is 1.55 bits per heavy atom. The van der Waals surface area contributed by atoms with Crippen LogP contribution in [0.3, 0.4) is 0 Å². The molecule has 0 aliphatic carbocycles. The molecule has 0 fully saturated rings. The van der Waals surface area contributed by atoms with Crippen LogP contribution in [-0.2, 0) is 40.3 Å². The number of sulfone groups is 1. The van der Waals surface area contributed by atoms with Crippen molar-refractivity contribution < 1.29 is 17.0 Å². The highest BCUT2D eigenvalue weighted by atomic mass is 32.2. The van der Waals surface area contributed by atoms with Gasteiger partial charge < -0.3 is 0 Å². The third-order valence-electron chi connectivity index (χ3n) is 7.08. The van der Waals surface area contributed by atoms with Gasteiger partial charge in [0.05, 0.1) is 26.7 Å². The molecule has 222 valence electrons. The molecule has 4 aromatic rings. The van der Waals surface area contributed by atoms with E-state index in [0.29, 0.717) is 19.5 Å². The summed E-state index contributed by atoms with van der Waals surface area (Å²) in [4.78, 5) is 1.99. The maximum Gasteiger partial charge on any atom is 0.222 e. The van der Waals surface area contributed by atoms with Crippen molar-refractivity contribution >= 4 is 20.8 Å². The molecule has 0 spiro atoms. The maximum absolute atomic E-state index is 16.9. The van der Waals surface area contributed by atoms with E-state index in [1.807, 2.05) is 91.0 Å². The highest BCUT2D eigenvalue weighted by Gasteiger charge is 2.43. The molecule has 4 rings (SSSR count). The first-order valence-corrected chi connectivity index (χ1v) is 16.7. The maximum atomic E-state index is 16.9. The zero-order chi connectivity index (χ0) is 30.2. The molecule has 0 radical (unpaired) electrons. The topological polar surface area (TPSA) is 66.5 Å². The molecule has 0 aromatic heterocycles. The molecule has 0 heterocycles. The Bertz CT molecular complexity index is 1470. The molecule has 0 saturated heterocycles. The Kier molecular flexibility index (Phi) is 10.8. The van der Waals surface area contributed by atoms with Crippen molar-refractivity contribution in [2.45, 2.75) is 67.5 Å². The van der Waals surface area contributed by atoms with Crippen molar-refractivity contribution in [1.29, 1.82) is 0 Å². The molecule has 42 heavy (non-hydrogen) atoms. The lowest BCUT2D eigenvalue weighted by Crippen LogP contribution is -2.58. The second-order valence-electron chi connectivity index (χ2n) is 11.4. The lowest BCUT2D eigenvalue weighted by atomic mass is 9.97. The van der Waals surface area contributed by atoms with Gasteiger partial charge >= 0.3 is 0 Å². The molecule has 0 aliphatic rings. The Balaban J connectivity index is 1.86. The van der Waals surface area contributed by atoms with Gasteiger partial charge in [0.2, 0.25) is 15.3 Å². The monoisotopic (exact) mass is 606 g/mol. The van der Waals surface area contributed by atoms with Gasteiger partial charge in [-0.3, -0.25) is 4.90 Å². The SMILES string of the molecule is CC(C)(C)[S@@](=O)N[C@@H](C(F)S(=O)(=O)c1ccccc1)[C@H](Cc1ccccc1)N(Cc1ccccc1)Cc1ccccc1. The van der Waals surface area contributed by atoms with E-state index < -0.39 is 43.2 Å². The zero-order valence-electron chi connectivity index (χ0n) is 24.3. The quantitative estimate of drug-likeness (QED) is 0.189. The van der Waals surface area contributed by atoms with Crippen LogP contribution < -0.4 is 4.72 Å². The van der Waals surface area contributed by atoms with Gasteiger partial charge in [0, 0.05) is 19.1 Å². The standard InChI is InChI=1S/C34H39FN2O3S2/c1-34(2,3)41(38)36-32(33(35)42(39,40)30-22-14-7-15-23-30)31(24-27-16-8-4-9-17-27)37(25-28-18-10-5-11-19-28)26-29-20-12-6-13-21-29/h4-23,31-33,36H,24-26H2,1-3H3/t31-,32+,33?,41+/m0/s1. The first-order chi connectivity index (χ1) is 20.1. The largest absolute Gasteiger partial charge is 0.290 e. The molecule has 0 bridgehead atoms. The summed E-state index contributed by atoms with van der Waals surface area (Å²) < 4.78 is 60.2. The predicted octanol–water partition coefficient (Wildman–Crippen LogP) is 6.49. The van der Waals surface area contributed by atoms with Crippen LogP contribution in [0.2, 0.25) is 0 Å². The molecule has 0 amide bonds. The average Bonchev–Trinajstić information content (AvgIpc) is 2.99. The van der Waals surface area contributed by atoms with E-state index in [1.54, 1.807) is 39.0 Å². The molecule has 8 heteroatoms. The molecule has 4 aromatic carbocycles. The number of nitrogens with one attached hydrogen (secondary N) is 1. The summed E-state index contributed by atoms with van der Waals surface area (Å²) in [5.41, 5.74) is 0.562. The van der Waals surface area contributed by atoms with E-state index in [9.17, 15) is 12.6 Å². The second-order valence-corrected chi connectivity index (χ2v) is 15.4. The van der Waals surface area contributed by atoms with Gasteiger partial charge in [0.25, 0.3) is 0 Å². The van der Waals surface area contributed by atoms with Crippen molar-refractivity contribution in [3.05, 3.63) is 138 Å². The van der Waals surface area contributed by atoms with Crippen LogP contribution in [0.5, 0.6) is 0 Å². The highest BCUT2D eigenvalue weighted by molar-refractivity contribution is 7.92. The van der Waals surface area contributed by atoms with E-state index in [-0.39, 0.29) is 4.90 Å². The molecular formula is C34H39FN2O3S2. The van der Waals surface area contributed by atoms with Gasteiger partial charge in [-0.1, -0.05) is 109 Å². The van der Waals surface area contributed by atoms with Crippen LogP contribution in [0.25, 0.3) is 0 Å². The minimum atomic E-state index is -4.44. The van der Waals surface area contributed by atoms with Crippen LogP contribution >= 0.6 is 0 Å². The van der Waals surface area contributed by atoms with Crippen LogP contribution in [0.4, 0.5) is 4.39 Å². The van der Waals surface area contributed by atoms with Gasteiger partial charge in [-0.2, -0.15) is 0 Å². The number of alkyl halides is 1. The third-order valence-corrected chi connectivity index (χ3v) is 10.5. The summed E-state index contributed by atoms with van der Waals surface area (Å²) in [6.07, 6.45) is 0.338. The molecule has 1 N–H and O–H groups in total. The Hall–Kier alpha value is -3.17. The second kappa shape index (κ2) is 14.3. The van der Waals surface area contributed by atoms with Crippen LogP contribution in [0, 0.1) is 0 Å². The van der Waals surface area contributed by atoms with Crippen LogP contribution in [-0.4, -0.2) is 39.9 Å². The zero-order valence-corrected chi connectivity index (χ0v) is 25.9. The average molecular weight is 607 g/mol. The first kappa shape index (κ1) is 31.8. The summed E-state index contributed by atoms with van der Waals surface area (Å²) >= 11 is 0. The lowest BCUT2D eigenvalue weighted by Gasteiger charge is -2.39. The summed E-state index contributed by atoms with van der Waals surface area (Å²) in [6, 6.07) is 35.0. The van der Waals surface area contributed by atoms with Crippen molar-refractivity contribution in [2.75, 3.05) is 0 Å². The van der Waals surface area contributed by atoms with Crippen molar-refractivity contribution in [2.24, 2.45) is 0 Å². The summed E-state index contributed by atoms with van der Waals surface area (Å²) in [5.74, 6) is 0. The minimum Gasteiger partial charge on any atom is -0.290 e. The molecule has 0 aliphatic heterocycles. The Labute approximate surface area is 252 Å². The minimum absolute atomic E-state index is 0.109. The normalized spacial score (nSPS) is 15.2. The predicted molar refractivity (Wildman–Crippen MR) is 169 cm³/mol.